The molecule has 0 bridgehead atoms. The second-order valence-corrected chi connectivity index (χ2v) is 5.97. The van der Waals surface area contributed by atoms with E-state index < -0.39 is 5.97 Å². The Balaban J connectivity index is 1.58. The van der Waals surface area contributed by atoms with Gasteiger partial charge in [0, 0.05) is 38.9 Å². The Morgan fingerprint density at radius 2 is 1.92 bits per heavy atom. The molecule has 132 valence electrons. The Morgan fingerprint density at radius 1 is 1.16 bits per heavy atom. The molecule has 0 unspecified atom stereocenters. The average molecular weight is 346 g/mol. The second kappa shape index (κ2) is 7.43. The Labute approximate surface area is 144 Å². The first-order valence-corrected chi connectivity index (χ1v) is 8.02. The minimum atomic E-state index is -1.04. The van der Waals surface area contributed by atoms with Crippen molar-refractivity contribution in [3.63, 3.8) is 0 Å². The lowest BCUT2D eigenvalue weighted by Gasteiger charge is -2.34. The van der Waals surface area contributed by atoms with Crippen LogP contribution in [-0.2, 0) is 17.9 Å². The van der Waals surface area contributed by atoms with Crippen LogP contribution in [0.1, 0.15) is 16.1 Å². The third-order valence-electron chi connectivity index (χ3n) is 4.18. The molecule has 1 aliphatic rings. The molecule has 1 fully saturated rings. The summed E-state index contributed by atoms with van der Waals surface area (Å²) in [5.74, 6) is -1.51. The Bertz CT molecular complexity index is 769. The lowest BCUT2D eigenvalue weighted by Crippen LogP contribution is -2.48. The van der Waals surface area contributed by atoms with E-state index in [0.717, 1.165) is 5.56 Å². The van der Waals surface area contributed by atoms with Gasteiger partial charge in [0.25, 0.3) is 5.91 Å². The highest BCUT2D eigenvalue weighted by atomic mass is 19.1. The summed E-state index contributed by atoms with van der Waals surface area (Å²) in [5.41, 5.74) is 1.18. The molecule has 1 aromatic heterocycles. The Kier molecular flexibility index (Phi) is 5.08. The molecule has 7 nitrogen and oxygen atoms in total. The van der Waals surface area contributed by atoms with Gasteiger partial charge in [0.1, 0.15) is 18.1 Å². The molecule has 3 rings (SSSR count). The van der Waals surface area contributed by atoms with Crippen LogP contribution in [0.2, 0.25) is 0 Å². The van der Waals surface area contributed by atoms with Gasteiger partial charge in [0.15, 0.2) is 0 Å². The van der Waals surface area contributed by atoms with Crippen molar-refractivity contribution in [2.75, 3.05) is 26.2 Å². The summed E-state index contributed by atoms with van der Waals surface area (Å²) in [6.07, 6.45) is 1.43. The Hall–Kier alpha value is -2.74. The number of halogens is 1. The van der Waals surface area contributed by atoms with Crippen LogP contribution in [0.25, 0.3) is 0 Å². The number of hydrogen-bond donors (Lipinski definition) is 1. The molecule has 0 atom stereocenters. The highest BCUT2D eigenvalue weighted by Crippen LogP contribution is 2.12. The first-order chi connectivity index (χ1) is 12.0. The number of amides is 1. The maximum atomic E-state index is 13.3. The van der Waals surface area contributed by atoms with Crippen molar-refractivity contribution >= 4 is 11.9 Å². The second-order valence-electron chi connectivity index (χ2n) is 5.97. The molecule has 2 heterocycles. The van der Waals surface area contributed by atoms with Gasteiger partial charge in [-0.25, -0.2) is 9.07 Å². The standard InChI is InChI=1S/C17H19FN4O3/c18-14-3-1-2-13(10-14)11-20-6-8-21(9-7-20)17(25)15-4-5-19-22(15)12-16(23)24/h1-5,10H,6-9,11-12H2,(H,23,24). The number of rotatable bonds is 5. The number of benzene rings is 1. The molecule has 0 saturated carbocycles. The van der Waals surface area contributed by atoms with E-state index >= 15 is 0 Å². The van der Waals surface area contributed by atoms with Gasteiger partial charge in [-0.15, -0.1) is 0 Å². The summed E-state index contributed by atoms with van der Waals surface area (Å²) >= 11 is 0. The number of hydrogen-bond acceptors (Lipinski definition) is 4. The monoisotopic (exact) mass is 346 g/mol. The SMILES string of the molecule is O=C(O)Cn1nccc1C(=O)N1CCN(Cc2cccc(F)c2)CC1. The third kappa shape index (κ3) is 4.21. The van der Waals surface area contributed by atoms with Crippen LogP contribution in [0.3, 0.4) is 0 Å². The van der Waals surface area contributed by atoms with Crippen molar-refractivity contribution in [2.45, 2.75) is 13.1 Å². The van der Waals surface area contributed by atoms with Gasteiger partial charge >= 0.3 is 5.97 Å². The fourth-order valence-electron chi connectivity index (χ4n) is 2.93. The maximum absolute atomic E-state index is 13.3. The summed E-state index contributed by atoms with van der Waals surface area (Å²) in [6.45, 7) is 2.72. The minimum absolute atomic E-state index is 0.218. The van der Waals surface area contributed by atoms with E-state index in [0.29, 0.717) is 32.7 Å². The van der Waals surface area contributed by atoms with Crippen LogP contribution >= 0.6 is 0 Å². The predicted molar refractivity (Wildman–Crippen MR) is 87.4 cm³/mol. The summed E-state index contributed by atoms with van der Waals surface area (Å²) in [5, 5.41) is 12.8. The van der Waals surface area contributed by atoms with Crippen LogP contribution in [0, 0.1) is 5.82 Å². The molecule has 1 aromatic carbocycles. The predicted octanol–water partition coefficient (Wildman–Crippen LogP) is 1.06. The van der Waals surface area contributed by atoms with Crippen molar-refractivity contribution < 1.29 is 19.1 Å². The smallest absolute Gasteiger partial charge is 0.325 e. The van der Waals surface area contributed by atoms with E-state index in [1.165, 1.54) is 29.1 Å². The molecule has 1 saturated heterocycles. The van der Waals surface area contributed by atoms with Gasteiger partial charge in [-0.05, 0) is 23.8 Å². The van der Waals surface area contributed by atoms with Crippen LogP contribution < -0.4 is 0 Å². The highest BCUT2D eigenvalue weighted by Gasteiger charge is 2.24. The summed E-state index contributed by atoms with van der Waals surface area (Å²) in [6, 6.07) is 8.03. The summed E-state index contributed by atoms with van der Waals surface area (Å²) in [4.78, 5) is 27.3. The molecule has 8 heteroatoms. The number of aromatic nitrogens is 2. The van der Waals surface area contributed by atoms with Gasteiger partial charge < -0.3 is 10.0 Å². The molecular formula is C17H19FN4O3. The molecule has 2 aromatic rings. The zero-order valence-electron chi connectivity index (χ0n) is 13.6. The zero-order chi connectivity index (χ0) is 17.8. The molecule has 0 spiro atoms. The van der Waals surface area contributed by atoms with Gasteiger partial charge in [-0.1, -0.05) is 12.1 Å². The fourth-order valence-corrected chi connectivity index (χ4v) is 2.93. The van der Waals surface area contributed by atoms with Crippen LogP contribution in [0.4, 0.5) is 4.39 Å². The lowest BCUT2D eigenvalue weighted by molar-refractivity contribution is -0.137. The largest absolute Gasteiger partial charge is 0.480 e. The van der Waals surface area contributed by atoms with Gasteiger partial charge in [0.2, 0.25) is 0 Å². The minimum Gasteiger partial charge on any atom is -0.480 e. The van der Waals surface area contributed by atoms with Crippen molar-refractivity contribution in [2.24, 2.45) is 0 Å². The Morgan fingerprint density at radius 3 is 2.60 bits per heavy atom. The molecule has 25 heavy (non-hydrogen) atoms. The highest BCUT2D eigenvalue weighted by molar-refractivity contribution is 5.93. The van der Waals surface area contributed by atoms with Crippen molar-refractivity contribution in [3.8, 4) is 0 Å². The first-order valence-electron chi connectivity index (χ1n) is 8.02. The average Bonchev–Trinajstić information content (AvgIpc) is 3.02. The van der Waals surface area contributed by atoms with E-state index in [2.05, 4.69) is 10.00 Å². The topological polar surface area (TPSA) is 78.7 Å². The van der Waals surface area contributed by atoms with Gasteiger partial charge in [-0.2, -0.15) is 5.10 Å². The molecular weight excluding hydrogens is 327 g/mol. The van der Waals surface area contributed by atoms with Crippen molar-refractivity contribution in [3.05, 3.63) is 53.6 Å². The van der Waals surface area contributed by atoms with Crippen LogP contribution in [-0.4, -0.2) is 62.7 Å². The molecule has 0 aliphatic carbocycles. The fraction of sp³-hybridized carbons (Fsp3) is 0.353. The normalized spacial score (nSPS) is 15.3. The van der Waals surface area contributed by atoms with Gasteiger partial charge in [0.05, 0.1) is 0 Å². The molecule has 1 aliphatic heterocycles. The van der Waals surface area contributed by atoms with E-state index in [1.54, 1.807) is 11.0 Å². The van der Waals surface area contributed by atoms with E-state index in [9.17, 15) is 14.0 Å². The quantitative estimate of drug-likeness (QED) is 0.876. The number of carboxylic acids is 1. The molecule has 1 amide bonds. The lowest BCUT2D eigenvalue weighted by atomic mass is 10.2. The number of carboxylic acid groups (broad SMARTS) is 1. The van der Waals surface area contributed by atoms with E-state index in [4.69, 9.17) is 5.11 Å². The van der Waals surface area contributed by atoms with E-state index in [1.807, 2.05) is 6.07 Å². The number of piperazine rings is 1. The third-order valence-corrected chi connectivity index (χ3v) is 4.18. The van der Waals surface area contributed by atoms with Crippen LogP contribution in [0.15, 0.2) is 36.5 Å². The van der Waals surface area contributed by atoms with Crippen LogP contribution in [0.5, 0.6) is 0 Å². The van der Waals surface area contributed by atoms with Crippen molar-refractivity contribution in [1.29, 1.82) is 0 Å². The zero-order valence-corrected chi connectivity index (χ0v) is 13.6. The van der Waals surface area contributed by atoms with E-state index in [-0.39, 0.29) is 24.0 Å². The number of carbonyl (C=O) groups excluding carboxylic acids is 1. The maximum Gasteiger partial charge on any atom is 0.325 e. The number of carbonyl (C=O) groups is 2. The summed E-state index contributed by atoms with van der Waals surface area (Å²) < 4.78 is 14.5. The molecule has 0 radical (unpaired) electrons. The summed E-state index contributed by atoms with van der Waals surface area (Å²) in [7, 11) is 0. The first kappa shape index (κ1) is 17.1. The molecule has 1 N–H and O–H groups in total. The van der Waals surface area contributed by atoms with Gasteiger partial charge in [-0.3, -0.25) is 14.5 Å². The number of nitrogens with zero attached hydrogens (tertiary/aromatic N) is 4. The van der Waals surface area contributed by atoms with Crippen molar-refractivity contribution in [1.82, 2.24) is 19.6 Å². The number of aliphatic carboxylic acids is 1.